The number of aromatic amines is 2. The van der Waals surface area contributed by atoms with Gasteiger partial charge in [-0.25, -0.2) is 10.2 Å². The van der Waals surface area contributed by atoms with Crippen molar-refractivity contribution in [3.63, 3.8) is 0 Å². The molecule has 1 aromatic heterocycles. The first kappa shape index (κ1) is 18.6. The summed E-state index contributed by atoms with van der Waals surface area (Å²) < 4.78 is 0. The minimum Gasteiger partial charge on any atom is -0.292 e. The van der Waals surface area contributed by atoms with Crippen LogP contribution in [-0.4, -0.2) is 22.3 Å². The summed E-state index contributed by atoms with van der Waals surface area (Å²) >= 11 is 0. The highest BCUT2D eigenvalue weighted by molar-refractivity contribution is 5.96. The number of H-pyrrole nitrogens is 2. The largest absolute Gasteiger partial charge is 0.327 e. The molecule has 0 bridgehead atoms. The van der Waals surface area contributed by atoms with E-state index in [1.807, 2.05) is 4.98 Å². The van der Waals surface area contributed by atoms with Crippen LogP contribution in [0.1, 0.15) is 15.9 Å². The number of anilines is 2. The second kappa shape index (κ2) is 8.04. The molecule has 3 N–H and O–H groups in total. The predicted molar refractivity (Wildman–Crippen MR) is 104 cm³/mol. The van der Waals surface area contributed by atoms with Crippen LogP contribution in [0.4, 0.5) is 11.5 Å². The number of hydrogen-bond donors (Lipinski definition) is 3. The van der Waals surface area contributed by atoms with Crippen molar-refractivity contribution in [2.45, 2.75) is 6.92 Å². The Morgan fingerprint density at radius 3 is 2.32 bits per heavy atom. The van der Waals surface area contributed by atoms with Crippen LogP contribution in [0.25, 0.3) is 0 Å². The number of nitrogens with one attached hydrogen (secondary N) is 3. The van der Waals surface area contributed by atoms with Crippen LogP contribution < -0.4 is 26.8 Å². The van der Waals surface area contributed by atoms with Gasteiger partial charge in [-0.15, -0.1) is 0 Å². The molecule has 0 radical (unpaired) electrons. The lowest BCUT2D eigenvalue weighted by molar-refractivity contribution is -0.107. The highest BCUT2D eigenvalue weighted by Gasteiger charge is 2.22. The van der Waals surface area contributed by atoms with Gasteiger partial charge in [-0.2, -0.15) is 10.1 Å². The number of benzene rings is 2. The van der Waals surface area contributed by atoms with Gasteiger partial charge < -0.3 is 0 Å². The van der Waals surface area contributed by atoms with E-state index in [9.17, 15) is 19.2 Å². The van der Waals surface area contributed by atoms with Gasteiger partial charge in [0.15, 0.2) is 0 Å². The fraction of sp³-hybridized carbons (Fsp3) is 0.0526. The van der Waals surface area contributed by atoms with E-state index >= 15 is 0 Å². The van der Waals surface area contributed by atoms with Gasteiger partial charge in [-0.05, 0) is 30.7 Å². The van der Waals surface area contributed by atoms with Crippen molar-refractivity contribution >= 4 is 23.8 Å². The molecule has 142 valence electrons. The average Bonchev–Trinajstić information content (AvgIpc) is 2.68. The Morgan fingerprint density at radius 1 is 1.00 bits per heavy atom. The van der Waals surface area contributed by atoms with E-state index in [0.717, 1.165) is 16.6 Å². The maximum absolute atomic E-state index is 12.7. The van der Waals surface area contributed by atoms with Crippen LogP contribution in [0, 0.1) is 6.92 Å². The van der Waals surface area contributed by atoms with Gasteiger partial charge in [0.2, 0.25) is 6.41 Å². The highest BCUT2D eigenvalue weighted by Crippen LogP contribution is 2.21. The Bertz CT molecular complexity index is 1080. The van der Waals surface area contributed by atoms with Crippen molar-refractivity contribution in [3.05, 3.63) is 92.6 Å². The molecule has 3 rings (SSSR count). The van der Waals surface area contributed by atoms with E-state index in [-0.39, 0.29) is 5.82 Å². The molecule has 0 atom stereocenters. The zero-order valence-electron chi connectivity index (χ0n) is 14.9. The first-order valence-electron chi connectivity index (χ1n) is 8.29. The number of carbonyl (C=O) groups excluding carboxylic acids is 2. The molecule has 2 amide bonds. The van der Waals surface area contributed by atoms with Gasteiger partial charge in [0.05, 0.1) is 5.69 Å². The Hall–Kier alpha value is -4.14. The van der Waals surface area contributed by atoms with Crippen LogP contribution in [0.3, 0.4) is 0 Å². The number of amides is 2. The van der Waals surface area contributed by atoms with E-state index in [1.165, 1.54) is 5.12 Å². The van der Waals surface area contributed by atoms with Crippen molar-refractivity contribution in [2.24, 2.45) is 0 Å². The molecular weight excluding hydrogens is 362 g/mol. The lowest BCUT2D eigenvalue weighted by Crippen LogP contribution is -2.54. The normalized spacial score (nSPS) is 10.2. The molecule has 2 aromatic carbocycles. The minimum atomic E-state index is -0.784. The Kier molecular flexibility index (Phi) is 5.35. The zero-order valence-corrected chi connectivity index (χ0v) is 14.9. The fourth-order valence-electron chi connectivity index (χ4n) is 2.57. The number of hydrogen-bond acceptors (Lipinski definition) is 5. The number of hydrazine groups is 2. The van der Waals surface area contributed by atoms with Crippen molar-refractivity contribution < 1.29 is 9.59 Å². The highest BCUT2D eigenvalue weighted by atomic mass is 16.2. The second-order valence-corrected chi connectivity index (χ2v) is 5.83. The fourth-order valence-corrected chi connectivity index (χ4v) is 2.57. The number of nitrogens with zero attached hydrogens (tertiary/aromatic N) is 2. The van der Waals surface area contributed by atoms with Gasteiger partial charge in [0.1, 0.15) is 5.82 Å². The van der Waals surface area contributed by atoms with Gasteiger partial charge in [-0.1, -0.05) is 36.4 Å². The molecule has 3 aromatic rings. The van der Waals surface area contributed by atoms with Crippen molar-refractivity contribution in [2.75, 3.05) is 10.1 Å². The molecule has 0 aliphatic rings. The maximum Gasteiger partial charge on any atom is 0.327 e. The number of aryl methyl sites for hydroxylation is 1. The summed E-state index contributed by atoms with van der Waals surface area (Å²) in [5, 5.41) is 2.10. The minimum absolute atomic E-state index is 0.111. The zero-order chi connectivity index (χ0) is 20.1. The molecule has 0 unspecified atom stereocenters. The SMILES string of the molecule is Cc1ccccc1N(NC(=O)c1ccccc1)N(C=O)c1cc(=O)[nH]c(=O)[nH]1. The van der Waals surface area contributed by atoms with Gasteiger partial charge in [0, 0.05) is 11.6 Å². The maximum atomic E-state index is 12.7. The smallest absolute Gasteiger partial charge is 0.292 e. The molecule has 1 heterocycles. The van der Waals surface area contributed by atoms with E-state index in [1.54, 1.807) is 61.5 Å². The van der Waals surface area contributed by atoms with E-state index in [2.05, 4.69) is 10.4 Å². The topological polar surface area (TPSA) is 118 Å². The molecule has 9 heteroatoms. The lowest BCUT2D eigenvalue weighted by atomic mass is 10.2. The predicted octanol–water partition coefficient (Wildman–Crippen LogP) is 1.10. The van der Waals surface area contributed by atoms with Crippen molar-refractivity contribution in [1.29, 1.82) is 0 Å². The quantitative estimate of drug-likeness (QED) is 0.438. The monoisotopic (exact) mass is 379 g/mol. The van der Waals surface area contributed by atoms with Crippen LogP contribution in [0.5, 0.6) is 0 Å². The van der Waals surface area contributed by atoms with E-state index < -0.39 is 17.2 Å². The van der Waals surface area contributed by atoms with E-state index in [4.69, 9.17) is 0 Å². The van der Waals surface area contributed by atoms with Crippen LogP contribution >= 0.6 is 0 Å². The summed E-state index contributed by atoms with van der Waals surface area (Å²) in [4.78, 5) is 52.3. The summed E-state index contributed by atoms with van der Waals surface area (Å²) in [6.45, 7) is 1.79. The van der Waals surface area contributed by atoms with E-state index in [0.29, 0.717) is 17.7 Å². The summed E-state index contributed by atoms with van der Waals surface area (Å²) in [6, 6.07) is 16.5. The standard InChI is InChI=1S/C19H17N5O4/c1-13-7-5-6-10-15(13)24(22-18(27)14-8-3-2-4-9-14)23(12-25)16-11-17(26)21-19(28)20-16/h2-12H,1H3,(H,22,27)(H2,20,21,26,28). The van der Waals surface area contributed by atoms with Gasteiger partial charge in [0.25, 0.3) is 11.5 Å². The third-order valence-electron chi connectivity index (χ3n) is 3.90. The summed E-state index contributed by atoms with van der Waals surface area (Å²) in [5.41, 5.74) is 2.74. The summed E-state index contributed by atoms with van der Waals surface area (Å²) in [6.07, 6.45) is 0.377. The summed E-state index contributed by atoms with van der Waals surface area (Å²) in [5.74, 6) is -0.594. The van der Waals surface area contributed by atoms with Gasteiger partial charge >= 0.3 is 5.69 Å². The number of carbonyl (C=O) groups is 2. The Labute approximate surface area is 159 Å². The van der Waals surface area contributed by atoms with Crippen LogP contribution in [0.15, 0.2) is 70.3 Å². The van der Waals surface area contributed by atoms with Crippen molar-refractivity contribution in [1.82, 2.24) is 15.4 Å². The first-order valence-corrected chi connectivity index (χ1v) is 8.29. The lowest BCUT2D eigenvalue weighted by Gasteiger charge is -2.33. The average molecular weight is 379 g/mol. The number of para-hydroxylation sites is 1. The molecule has 28 heavy (non-hydrogen) atoms. The molecule has 0 fully saturated rings. The van der Waals surface area contributed by atoms with Crippen molar-refractivity contribution in [3.8, 4) is 0 Å². The first-order chi connectivity index (χ1) is 13.5. The number of aromatic nitrogens is 2. The third kappa shape index (κ3) is 3.98. The molecule has 0 spiro atoms. The van der Waals surface area contributed by atoms with Crippen LogP contribution in [0.2, 0.25) is 0 Å². The third-order valence-corrected chi connectivity index (χ3v) is 3.90. The second-order valence-electron chi connectivity index (χ2n) is 5.83. The van der Waals surface area contributed by atoms with Crippen LogP contribution in [-0.2, 0) is 4.79 Å². The summed E-state index contributed by atoms with van der Waals surface area (Å²) in [7, 11) is 0. The molecular formula is C19H17N5O4. The Balaban J connectivity index is 2.08. The molecule has 0 saturated carbocycles. The molecule has 0 aliphatic heterocycles. The Morgan fingerprint density at radius 2 is 1.68 bits per heavy atom. The number of rotatable bonds is 6. The van der Waals surface area contributed by atoms with Gasteiger partial charge in [-0.3, -0.25) is 24.4 Å². The molecule has 9 nitrogen and oxygen atoms in total. The molecule has 0 saturated heterocycles. The molecule has 0 aliphatic carbocycles.